The number of aliphatic hydroxyl groups is 1. The number of carbonyl (C=O) groups is 5. The summed E-state index contributed by atoms with van der Waals surface area (Å²) in [5.74, 6) is -5.09. The number of unbranched alkanes of at least 4 members (excludes halogenated alkanes) is 1. The highest BCUT2D eigenvalue weighted by Crippen LogP contribution is 2.01. The molecular weight excluding hydrogens is 402 g/mol. The van der Waals surface area contributed by atoms with Gasteiger partial charge in [-0.3, -0.25) is 19.2 Å². The van der Waals surface area contributed by atoms with Crippen LogP contribution in [0.1, 0.15) is 39.0 Å². The Hall–Kier alpha value is -2.77. The molecule has 13 heteroatoms. The van der Waals surface area contributed by atoms with Crippen LogP contribution in [0.5, 0.6) is 0 Å². The fourth-order valence-corrected chi connectivity index (χ4v) is 2.31. The van der Waals surface area contributed by atoms with Gasteiger partial charge < -0.3 is 42.7 Å². The van der Waals surface area contributed by atoms with Crippen LogP contribution in [0.4, 0.5) is 0 Å². The molecule has 0 bridgehead atoms. The Balaban J connectivity index is 4.75. The van der Waals surface area contributed by atoms with Gasteiger partial charge in [0.2, 0.25) is 17.7 Å². The molecule has 4 atom stereocenters. The second kappa shape index (κ2) is 14.3. The number of hydrogen-bond donors (Lipinski definition) is 8. The largest absolute Gasteiger partial charge is 0.481 e. The van der Waals surface area contributed by atoms with Crippen LogP contribution in [-0.4, -0.2) is 82.3 Å². The molecule has 4 unspecified atom stereocenters. The van der Waals surface area contributed by atoms with E-state index in [1.165, 1.54) is 6.92 Å². The van der Waals surface area contributed by atoms with Crippen molar-refractivity contribution in [3.8, 4) is 0 Å². The van der Waals surface area contributed by atoms with Crippen molar-refractivity contribution in [1.82, 2.24) is 16.0 Å². The van der Waals surface area contributed by atoms with Crippen molar-refractivity contribution in [3.63, 3.8) is 0 Å². The zero-order valence-electron chi connectivity index (χ0n) is 16.8. The molecule has 0 rings (SSSR count). The second-order valence-electron chi connectivity index (χ2n) is 6.70. The van der Waals surface area contributed by atoms with Crippen LogP contribution in [0.2, 0.25) is 0 Å². The summed E-state index contributed by atoms with van der Waals surface area (Å²) in [7, 11) is 0. The number of nitrogens with one attached hydrogen (secondary N) is 3. The number of aliphatic hydroxyl groups excluding tert-OH is 1. The predicted octanol–water partition coefficient (Wildman–Crippen LogP) is -3.14. The molecule has 0 aliphatic carbocycles. The highest BCUT2D eigenvalue weighted by molar-refractivity contribution is 5.94. The van der Waals surface area contributed by atoms with Gasteiger partial charge in [0.15, 0.2) is 0 Å². The van der Waals surface area contributed by atoms with Crippen LogP contribution in [0.25, 0.3) is 0 Å². The highest BCUT2D eigenvalue weighted by Gasteiger charge is 2.28. The van der Waals surface area contributed by atoms with Crippen molar-refractivity contribution < 1.29 is 39.3 Å². The number of nitrogens with two attached hydrogens (primary N) is 2. The van der Waals surface area contributed by atoms with Crippen LogP contribution in [-0.2, 0) is 24.0 Å². The summed E-state index contributed by atoms with van der Waals surface area (Å²) in [4.78, 5) is 58.1. The van der Waals surface area contributed by atoms with Crippen molar-refractivity contribution >= 4 is 29.7 Å². The Morgan fingerprint density at radius 1 is 0.867 bits per heavy atom. The first-order valence-electron chi connectivity index (χ1n) is 9.45. The van der Waals surface area contributed by atoms with Crippen molar-refractivity contribution in [2.24, 2.45) is 11.5 Å². The quantitative estimate of drug-likeness (QED) is 0.121. The maximum atomic E-state index is 12.2. The lowest BCUT2D eigenvalue weighted by atomic mass is 10.1. The summed E-state index contributed by atoms with van der Waals surface area (Å²) >= 11 is 0. The summed E-state index contributed by atoms with van der Waals surface area (Å²) in [5.41, 5.74) is 11.1. The molecule has 0 aliphatic heterocycles. The zero-order chi connectivity index (χ0) is 23.3. The van der Waals surface area contributed by atoms with Crippen LogP contribution in [0.15, 0.2) is 0 Å². The number of aliphatic carboxylic acids is 2. The summed E-state index contributed by atoms with van der Waals surface area (Å²) in [6, 6.07) is -4.93. The maximum Gasteiger partial charge on any atom is 0.326 e. The Labute approximate surface area is 173 Å². The monoisotopic (exact) mass is 433 g/mol. The van der Waals surface area contributed by atoms with E-state index in [1.54, 1.807) is 0 Å². The molecule has 0 fully saturated rings. The highest BCUT2D eigenvalue weighted by atomic mass is 16.4. The molecule has 0 saturated heterocycles. The van der Waals surface area contributed by atoms with E-state index in [0.29, 0.717) is 25.8 Å². The number of hydrogen-bond acceptors (Lipinski definition) is 8. The van der Waals surface area contributed by atoms with E-state index >= 15 is 0 Å². The third-order valence-electron chi connectivity index (χ3n) is 4.14. The van der Waals surface area contributed by atoms with Crippen LogP contribution < -0.4 is 27.4 Å². The average Bonchev–Trinajstić information content (AvgIpc) is 2.68. The van der Waals surface area contributed by atoms with E-state index in [0.717, 1.165) is 0 Å². The lowest BCUT2D eigenvalue weighted by Gasteiger charge is -2.22. The number of carbonyl (C=O) groups excluding carboxylic acids is 3. The molecule has 0 aromatic rings. The summed E-state index contributed by atoms with van der Waals surface area (Å²) < 4.78 is 0. The Kier molecular flexibility index (Phi) is 12.9. The molecule has 0 aliphatic rings. The predicted molar refractivity (Wildman–Crippen MR) is 104 cm³/mol. The minimum absolute atomic E-state index is 0.378. The molecular formula is C17H31N5O8. The molecule has 3 amide bonds. The number of carboxylic acid groups (broad SMARTS) is 2. The topological polar surface area (TPSA) is 234 Å². The smallest absolute Gasteiger partial charge is 0.326 e. The maximum absolute atomic E-state index is 12.2. The summed E-state index contributed by atoms with van der Waals surface area (Å²) in [6.07, 6.45) is 0.851. The van der Waals surface area contributed by atoms with Gasteiger partial charge in [0.1, 0.15) is 18.1 Å². The van der Waals surface area contributed by atoms with E-state index in [1.807, 2.05) is 0 Å². The van der Waals surface area contributed by atoms with Gasteiger partial charge in [0.25, 0.3) is 0 Å². The Bertz CT molecular complexity index is 615. The van der Waals surface area contributed by atoms with E-state index < -0.39 is 66.9 Å². The molecule has 0 aromatic heterocycles. The Morgan fingerprint density at radius 3 is 1.97 bits per heavy atom. The van der Waals surface area contributed by atoms with Crippen LogP contribution in [0, 0.1) is 0 Å². The van der Waals surface area contributed by atoms with Crippen LogP contribution >= 0.6 is 0 Å². The van der Waals surface area contributed by atoms with Gasteiger partial charge >= 0.3 is 11.9 Å². The third kappa shape index (κ3) is 10.7. The molecule has 0 aromatic carbocycles. The van der Waals surface area contributed by atoms with Gasteiger partial charge in [-0.2, -0.15) is 0 Å². The lowest BCUT2D eigenvalue weighted by molar-refractivity contribution is -0.143. The first-order chi connectivity index (χ1) is 14.0. The molecule has 30 heavy (non-hydrogen) atoms. The normalized spacial score (nSPS) is 14.7. The van der Waals surface area contributed by atoms with E-state index in [9.17, 15) is 29.1 Å². The van der Waals surface area contributed by atoms with Crippen molar-refractivity contribution in [3.05, 3.63) is 0 Å². The average molecular weight is 433 g/mol. The van der Waals surface area contributed by atoms with Gasteiger partial charge in [-0.25, -0.2) is 4.79 Å². The molecule has 0 saturated carbocycles. The minimum Gasteiger partial charge on any atom is -0.481 e. The second-order valence-corrected chi connectivity index (χ2v) is 6.70. The van der Waals surface area contributed by atoms with Crippen molar-refractivity contribution in [2.75, 3.05) is 13.2 Å². The van der Waals surface area contributed by atoms with Crippen molar-refractivity contribution in [1.29, 1.82) is 0 Å². The summed E-state index contributed by atoms with van der Waals surface area (Å²) in [5, 5.41) is 33.7. The molecule has 0 radical (unpaired) electrons. The third-order valence-corrected chi connectivity index (χ3v) is 4.14. The summed E-state index contributed by atoms with van der Waals surface area (Å²) in [6.45, 7) is 0.970. The van der Waals surface area contributed by atoms with E-state index in [2.05, 4.69) is 16.0 Å². The van der Waals surface area contributed by atoms with Gasteiger partial charge in [-0.1, -0.05) is 6.42 Å². The number of carboxylic acids is 2. The van der Waals surface area contributed by atoms with Crippen LogP contribution in [0.3, 0.4) is 0 Å². The first-order valence-corrected chi connectivity index (χ1v) is 9.45. The van der Waals surface area contributed by atoms with Crippen molar-refractivity contribution in [2.45, 2.75) is 63.2 Å². The van der Waals surface area contributed by atoms with E-state index in [-0.39, 0.29) is 6.42 Å². The SMILES string of the molecule is CC(NC(=O)C(N)CCCCN)C(=O)NC(CO)C(=O)NC(CCC(=O)O)C(=O)O. The molecule has 0 spiro atoms. The minimum atomic E-state index is -1.51. The lowest BCUT2D eigenvalue weighted by Crippen LogP contribution is -2.57. The standard InChI is InChI=1S/C17H31N5O8/c1-9(20-15(27)10(19)4-2-3-7-18)14(26)22-12(8-23)16(28)21-11(17(29)30)5-6-13(24)25/h9-12,23H,2-8,18-19H2,1H3,(H,20,27)(H,21,28)(H,22,26)(H,24,25)(H,29,30). The van der Waals surface area contributed by atoms with Gasteiger partial charge in [0.05, 0.1) is 12.6 Å². The van der Waals surface area contributed by atoms with E-state index in [4.69, 9.17) is 21.7 Å². The first kappa shape index (κ1) is 27.2. The van der Waals surface area contributed by atoms with Gasteiger partial charge in [-0.15, -0.1) is 0 Å². The molecule has 172 valence electrons. The number of amides is 3. The fraction of sp³-hybridized carbons (Fsp3) is 0.706. The van der Waals surface area contributed by atoms with Gasteiger partial charge in [0, 0.05) is 6.42 Å². The number of rotatable bonds is 15. The molecule has 0 heterocycles. The Morgan fingerprint density at radius 2 is 1.47 bits per heavy atom. The van der Waals surface area contributed by atoms with Gasteiger partial charge in [-0.05, 0) is 32.7 Å². The fourth-order valence-electron chi connectivity index (χ4n) is 2.31. The molecule has 13 nitrogen and oxygen atoms in total. The molecule has 10 N–H and O–H groups in total. The zero-order valence-corrected chi connectivity index (χ0v) is 16.8.